The molecule has 0 unspecified atom stereocenters. The lowest BCUT2D eigenvalue weighted by Gasteiger charge is -2.24. The van der Waals surface area contributed by atoms with Crippen molar-refractivity contribution < 1.29 is 4.42 Å². The number of furan rings is 1. The van der Waals surface area contributed by atoms with Gasteiger partial charge in [0.15, 0.2) is 0 Å². The van der Waals surface area contributed by atoms with Crippen molar-refractivity contribution in [2.75, 3.05) is 0 Å². The van der Waals surface area contributed by atoms with Crippen LogP contribution < -0.4 is 0 Å². The Morgan fingerprint density at radius 1 is 0.435 bits per heavy atom. The van der Waals surface area contributed by atoms with Gasteiger partial charge in [0.05, 0.1) is 0 Å². The van der Waals surface area contributed by atoms with Crippen molar-refractivity contribution in [2.24, 2.45) is 0 Å². The van der Waals surface area contributed by atoms with E-state index in [1.54, 1.807) is 0 Å². The standard InChI is InChI=1S/C45H30O/c1-45(2)39-25-33(34-16-9-17-40-43(34)38-23-30-13-5-6-14-31(30)26-41(38)46-40)24-37(32-19-18-27-10-3-4-12-29(27)22-32)42(39)36-21-20-28-11-7-8-15-35(28)44(36)45/h3-26H,1-2H3. The van der Waals surface area contributed by atoms with Crippen molar-refractivity contribution in [3.63, 3.8) is 0 Å². The van der Waals surface area contributed by atoms with Crippen molar-refractivity contribution >= 4 is 54.3 Å². The molecule has 0 fully saturated rings. The topological polar surface area (TPSA) is 13.1 Å². The van der Waals surface area contributed by atoms with Gasteiger partial charge in [0.1, 0.15) is 11.2 Å². The predicted octanol–water partition coefficient (Wildman–Crippen LogP) is 12.7. The van der Waals surface area contributed by atoms with Gasteiger partial charge in [0, 0.05) is 16.2 Å². The first-order valence-corrected chi connectivity index (χ1v) is 16.1. The van der Waals surface area contributed by atoms with Gasteiger partial charge < -0.3 is 4.42 Å². The van der Waals surface area contributed by atoms with E-state index in [-0.39, 0.29) is 5.41 Å². The summed E-state index contributed by atoms with van der Waals surface area (Å²) in [5.41, 5.74) is 12.1. The maximum absolute atomic E-state index is 6.52. The van der Waals surface area contributed by atoms with Gasteiger partial charge in [-0.1, -0.05) is 123 Å². The van der Waals surface area contributed by atoms with Crippen LogP contribution in [0.25, 0.3) is 87.6 Å². The van der Waals surface area contributed by atoms with Crippen LogP contribution in [0.5, 0.6) is 0 Å². The smallest absolute Gasteiger partial charge is 0.136 e. The molecule has 1 aliphatic rings. The molecule has 1 heteroatoms. The fourth-order valence-corrected chi connectivity index (χ4v) is 8.21. The molecule has 1 heterocycles. The number of hydrogen-bond acceptors (Lipinski definition) is 1. The van der Waals surface area contributed by atoms with Gasteiger partial charge in [-0.25, -0.2) is 0 Å². The lowest BCUT2D eigenvalue weighted by molar-refractivity contribution is 0.666. The Balaban J connectivity index is 1.31. The van der Waals surface area contributed by atoms with Crippen LogP contribution in [-0.2, 0) is 5.41 Å². The minimum Gasteiger partial charge on any atom is -0.456 e. The average molecular weight is 587 g/mol. The van der Waals surface area contributed by atoms with Crippen molar-refractivity contribution in [1.82, 2.24) is 0 Å². The minimum absolute atomic E-state index is 0.185. The van der Waals surface area contributed by atoms with E-state index in [1.807, 2.05) is 0 Å². The molecule has 0 bridgehead atoms. The van der Waals surface area contributed by atoms with E-state index in [1.165, 1.54) is 82.2 Å². The Morgan fingerprint density at radius 2 is 1.13 bits per heavy atom. The molecule has 0 atom stereocenters. The molecule has 8 aromatic carbocycles. The highest BCUT2D eigenvalue weighted by Crippen LogP contribution is 2.56. The Hall–Kier alpha value is -5.66. The molecule has 0 aliphatic heterocycles. The number of hydrogen-bond donors (Lipinski definition) is 0. The normalized spacial score (nSPS) is 13.6. The third-order valence-electron chi connectivity index (χ3n) is 10.4. The molecule has 0 saturated heterocycles. The molecule has 1 aliphatic carbocycles. The second kappa shape index (κ2) is 9.19. The summed E-state index contributed by atoms with van der Waals surface area (Å²) >= 11 is 0. The summed E-state index contributed by atoms with van der Waals surface area (Å²) in [5.74, 6) is 0. The number of rotatable bonds is 2. The zero-order chi connectivity index (χ0) is 30.6. The molecule has 10 rings (SSSR count). The van der Waals surface area contributed by atoms with E-state index in [0.29, 0.717) is 0 Å². The monoisotopic (exact) mass is 586 g/mol. The van der Waals surface area contributed by atoms with E-state index < -0.39 is 0 Å². The van der Waals surface area contributed by atoms with Gasteiger partial charge in [-0.3, -0.25) is 0 Å². The fourth-order valence-electron chi connectivity index (χ4n) is 8.21. The molecule has 216 valence electrons. The molecule has 0 radical (unpaired) electrons. The first kappa shape index (κ1) is 25.6. The van der Waals surface area contributed by atoms with Crippen LogP contribution in [0.2, 0.25) is 0 Å². The average Bonchev–Trinajstić information content (AvgIpc) is 3.57. The van der Waals surface area contributed by atoms with Gasteiger partial charge in [0.25, 0.3) is 0 Å². The Labute approximate surface area is 267 Å². The highest BCUT2D eigenvalue weighted by atomic mass is 16.3. The van der Waals surface area contributed by atoms with Crippen LogP contribution in [0, 0.1) is 0 Å². The molecule has 1 aromatic heterocycles. The lowest BCUT2D eigenvalue weighted by atomic mass is 9.79. The lowest BCUT2D eigenvalue weighted by Crippen LogP contribution is -2.15. The second-order valence-electron chi connectivity index (χ2n) is 13.3. The van der Waals surface area contributed by atoms with Crippen LogP contribution in [0.1, 0.15) is 25.0 Å². The van der Waals surface area contributed by atoms with Gasteiger partial charge in [0.2, 0.25) is 0 Å². The summed E-state index contributed by atoms with van der Waals surface area (Å²) in [5, 5.41) is 9.88. The van der Waals surface area contributed by atoms with Crippen LogP contribution in [-0.4, -0.2) is 0 Å². The maximum Gasteiger partial charge on any atom is 0.136 e. The van der Waals surface area contributed by atoms with Gasteiger partial charge in [-0.2, -0.15) is 0 Å². The fraction of sp³-hybridized carbons (Fsp3) is 0.0667. The SMILES string of the molecule is CC1(C)c2cc(-c3cccc4oc5cc6ccccc6cc5c34)cc(-c3ccc4ccccc4c3)c2-c2ccc3ccccc3c21. The minimum atomic E-state index is -0.185. The van der Waals surface area contributed by atoms with E-state index in [2.05, 4.69) is 159 Å². The van der Waals surface area contributed by atoms with Crippen LogP contribution in [0.15, 0.2) is 150 Å². The number of benzene rings is 8. The molecule has 46 heavy (non-hydrogen) atoms. The number of fused-ring (bicyclic) bond motifs is 10. The predicted molar refractivity (Wildman–Crippen MR) is 195 cm³/mol. The summed E-state index contributed by atoms with van der Waals surface area (Å²) in [6, 6.07) is 53.5. The van der Waals surface area contributed by atoms with Crippen LogP contribution >= 0.6 is 0 Å². The zero-order valence-corrected chi connectivity index (χ0v) is 25.8. The van der Waals surface area contributed by atoms with Crippen molar-refractivity contribution in [2.45, 2.75) is 19.3 Å². The van der Waals surface area contributed by atoms with Crippen LogP contribution in [0.3, 0.4) is 0 Å². The Morgan fingerprint density at radius 3 is 1.96 bits per heavy atom. The maximum atomic E-state index is 6.52. The molecule has 0 amide bonds. The van der Waals surface area contributed by atoms with Crippen molar-refractivity contribution in [1.29, 1.82) is 0 Å². The van der Waals surface area contributed by atoms with E-state index in [0.717, 1.165) is 16.6 Å². The first-order valence-electron chi connectivity index (χ1n) is 16.1. The summed E-state index contributed by atoms with van der Waals surface area (Å²) in [6.45, 7) is 4.80. The molecule has 0 spiro atoms. The molecular weight excluding hydrogens is 556 g/mol. The molecule has 0 N–H and O–H groups in total. The summed E-state index contributed by atoms with van der Waals surface area (Å²) in [6.07, 6.45) is 0. The molecule has 9 aromatic rings. The second-order valence-corrected chi connectivity index (χ2v) is 13.3. The summed E-state index contributed by atoms with van der Waals surface area (Å²) in [7, 11) is 0. The molecule has 0 saturated carbocycles. The van der Waals surface area contributed by atoms with Gasteiger partial charge in [-0.15, -0.1) is 0 Å². The summed E-state index contributed by atoms with van der Waals surface area (Å²) in [4.78, 5) is 0. The highest BCUT2D eigenvalue weighted by molar-refractivity contribution is 6.16. The Kier molecular flexibility index (Phi) is 5.12. The van der Waals surface area contributed by atoms with Gasteiger partial charge in [-0.05, 0) is 113 Å². The highest BCUT2D eigenvalue weighted by Gasteiger charge is 2.39. The third-order valence-corrected chi connectivity index (χ3v) is 10.4. The van der Waals surface area contributed by atoms with Crippen LogP contribution in [0.4, 0.5) is 0 Å². The van der Waals surface area contributed by atoms with Crippen molar-refractivity contribution in [3.8, 4) is 33.4 Å². The molecular formula is C45H30O. The van der Waals surface area contributed by atoms with E-state index >= 15 is 0 Å². The molecule has 1 nitrogen and oxygen atoms in total. The van der Waals surface area contributed by atoms with Gasteiger partial charge >= 0.3 is 0 Å². The quantitative estimate of drug-likeness (QED) is 0.196. The largest absolute Gasteiger partial charge is 0.456 e. The van der Waals surface area contributed by atoms with E-state index in [4.69, 9.17) is 4.42 Å². The Bertz CT molecular complexity index is 2720. The van der Waals surface area contributed by atoms with E-state index in [9.17, 15) is 0 Å². The third kappa shape index (κ3) is 3.51. The summed E-state index contributed by atoms with van der Waals surface area (Å²) < 4.78 is 6.52. The first-order chi connectivity index (χ1) is 22.5. The van der Waals surface area contributed by atoms with Crippen molar-refractivity contribution in [3.05, 3.63) is 157 Å². The zero-order valence-electron chi connectivity index (χ0n) is 25.8.